The van der Waals surface area contributed by atoms with Gasteiger partial charge in [-0.05, 0) is 37.3 Å². The molecule has 11 nitrogen and oxygen atoms in total. The summed E-state index contributed by atoms with van der Waals surface area (Å²) < 4.78 is 109. The Morgan fingerprint density at radius 2 is 1.59 bits per heavy atom. The first-order chi connectivity index (χ1) is 19.1. The highest BCUT2D eigenvalue weighted by Gasteiger charge is 2.40. The average molecular weight is 604 g/mol. The zero-order valence-electron chi connectivity index (χ0n) is 20.9. The van der Waals surface area contributed by atoms with Gasteiger partial charge in [0, 0.05) is 32.4 Å². The molecule has 1 saturated heterocycles. The van der Waals surface area contributed by atoms with E-state index >= 15 is 0 Å². The fraction of sp³-hybridized carbons (Fsp3) is 0.304. The van der Waals surface area contributed by atoms with Gasteiger partial charge in [-0.25, -0.2) is 17.6 Å². The Morgan fingerprint density at radius 1 is 0.976 bits per heavy atom. The van der Waals surface area contributed by atoms with Crippen LogP contribution in [-0.2, 0) is 22.4 Å². The van der Waals surface area contributed by atoms with E-state index in [0.29, 0.717) is 11.2 Å². The zero-order valence-corrected chi connectivity index (χ0v) is 21.7. The maximum Gasteiger partial charge on any atom is 0.416 e. The molecule has 0 atom stereocenters. The van der Waals surface area contributed by atoms with Crippen molar-refractivity contribution < 1.29 is 39.6 Å². The van der Waals surface area contributed by atoms with Crippen LogP contribution in [0.15, 0.2) is 52.4 Å². The van der Waals surface area contributed by atoms with E-state index in [1.165, 1.54) is 20.3 Å². The van der Waals surface area contributed by atoms with Crippen LogP contribution < -0.4 is 5.56 Å². The Labute approximate surface area is 226 Å². The molecule has 1 aliphatic heterocycles. The third kappa shape index (κ3) is 5.19. The first-order valence-electron chi connectivity index (χ1n) is 11.8. The molecule has 5 rings (SSSR count). The smallest absolute Gasteiger partial charge is 0.336 e. The lowest BCUT2D eigenvalue weighted by Gasteiger charge is -2.34. The molecule has 1 N–H and O–H groups in total. The number of nitrogens with zero attached hydrogens (tertiary/aromatic N) is 6. The predicted molar refractivity (Wildman–Crippen MR) is 129 cm³/mol. The molecule has 0 unspecified atom stereocenters. The van der Waals surface area contributed by atoms with Crippen molar-refractivity contribution in [1.82, 2.24) is 33.6 Å². The third-order valence-corrected chi connectivity index (χ3v) is 8.43. The van der Waals surface area contributed by atoms with Crippen molar-refractivity contribution in [2.75, 3.05) is 26.2 Å². The summed E-state index contributed by atoms with van der Waals surface area (Å²) >= 11 is 0. The Hall–Kier alpha value is -4.19. The van der Waals surface area contributed by atoms with Gasteiger partial charge in [0.25, 0.3) is 11.5 Å². The minimum absolute atomic E-state index is 0.0328. The van der Waals surface area contributed by atoms with Gasteiger partial charge in [0.1, 0.15) is 5.52 Å². The van der Waals surface area contributed by atoms with E-state index in [-0.39, 0.29) is 55.9 Å². The van der Waals surface area contributed by atoms with Crippen LogP contribution in [-0.4, -0.2) is 74.1 Å². The van der Waals surface area contributed by atoms with Crippen molar-refractivity contribution >= 4 is 21.4 Å². The summed E-state index contributed by atoms with van der Waals surface area (Å²) in [6.07, 6.45) is -7.64. The number of fused-ring (bicyclic) bond motifs is 1. The average Bonchev–Trinajstić information content (AvgIpc) is 3.54. The van der Waals surface area contributed by atoms with E-state index in [1.54, 1.807) is 25.3 Å². The van der Waals surface area contributed by atoms with Gasteiger partial charge < -0.3 is 4.90 Å². The largest absolute Gasteiger partial charge is 0.416 e. The molecule has 1 aliphatic rings. The van der Waals surface area contributed by atoms with Gasteiger partial charge in [-0.3, -0.25) is 14.6 Å². The van der Waals surface area contributed by atoms with Crippen LogP contribution in [0.2, 0.25) is 0 Å². The van der Waals surface area contributed by atoms with E-state index in [9.17, 15) is 44.3 Å². The molecule has 1 amide bonds. The van der Waals surface area contributed by atoms with E-state index < -0.39 is 49.9 Å². The second kappa shape index (κ2) is 9.72. The maximum atomic E-state index is 13.2. The Bertz CT molecular complexity index is 1780. The first kappa shape index (κ1) is 28.3. The highest BCUT2D eigenvalue weighted by atomic mass is 32.2. The van der Waals surface area contributed by atoms with Crippen molar-refractivity contribution in [2.24, 2.45) is 0 Å². The van der Waals surface area contributed by atoms with Crippen molar-refractivity contribution in [3.05, 3.63) is 75.5 Å². The number of H-pyrrole nitrogens is 1. The number of sulfonamides is 1. The molecular formula is C23H19F6N7O4S. The van der Waals surface area contributed by atoms with Crippen LogP contribution in [0.3, 0.4) is 0 Å². The predicted octanol–water partition coefficient (Wildman–Crippen LogP) is 2.70. The minimum Gasteiger partial charge on any atom is -0.336 e. The standard InChI is InChI=1S/C23H19F6N7O4S/c1-13-17(12-30-36(13)21-31-19(37)18-3-2-4-35(18)32-21)20(38)33-5-7-34(8-6-33)41(39,40)16-10-14(22(24,25)26)9-15(11-16)23(27,28)29/h2-4,9-12H,5-8H2,1H3,(H,31,32,37). The summed E-state index contributed by atoms with van der Waals surface area (Å²) in [5.41, 5.74) is -3.23. The number of hydrogen-bond acceptors (Lipinski definition) is 6. The molecule has 0 aliphatic carbocycles. The van der Waals surface area contributed by atoms with Gasteiger partial charge in [0.2, 0.25) is 16.0 Å². The Kier molecular flexibility index (Phi) is 6.72. The lowest BCUT2D eigenvalue weighted by Crippen LogP contribution is -2.50. The number of halogens is 6. The van der Waals surface area contributed by atoms with Crippen LogP contribution >= 0.6 is 0 Å². The number of aromatic nitrogens is 5. The molecule has 18 heteroatoms. The summed E-state index contributed by atoms with van der Waals surface area (Å²) in [6, 6.07) is 3.34. The van der Waals surface area contributed by atoms with Gasteiger partial charge in [-0.15, -0.1) is 5.10 Å². The summed E-state index contributed by atoms with van der Waals surface area (Å²) in [5.74, 6) is -0.515. The topological polar surface area (TPSA) is 126 Å². The maximum absolute atomic E-state index is 13.2. The Morgan fingerprint density at radius 3 is 2.17 bits per heavy atom. The van der Waals surface area contributed by atoms with E-state index in [4.69, 9.17) is 0 Å². The number of rotatable bonds is 4. The molecule has 41 heavy (non-hydrogen) atoms. The molecule has 3 aromatic heterocycles. The molecule has 0 spiro atoms. The second-order valence-corrected chi connectivity index (χ2v) is 11.0. The van der Waals surface area contributed by atoms with Crippen molar-refractivity contribution in [2.45, 2.75) is 24.2 Å². The monoisotopic (exact) mass is 603 g/mol. The van der Waals surface area contributed by atoms with E-state index in [2.05, 4.69) is 15.2 Å². The quantitative estimate of drug-likeness (QED) is 0.358. The molecule has 218 valence electrons. The van der Waals surface area contributed by atoms with Crippen LogP contribution in [0.5, 0.6) is 0 Å². The van der Waals surface area contributed by atoms with Gasteiger partial charge in [0.15, 0.2) is 0 Å². The molecule has 0 saturated carbocycles. The van der Waals surface area contributed by atoms with Gasteiger partial charge >= 0.3 is 12.4 Å². The first-order valence-corrected chi connectivity index (χ1v) is 13.2. The number of aromatic amines is 1. The van der Waals surface area contributed by atoms with Crippen molar-refractivity contribution in [3.8, 4) is 5.95 Å². The van der Waals surface area contributed by atoms with Crippen LogP contribution in [0, 0.1) is 6.92 Å². The van der Waals surface area contributed by atoms with Gasteiger partial charge in [0.05, 0.1) is 33.5 Å². The molecule has 4 heterocycles. The van der Waals surface area contributed by atoms with Crippen LogP contribution in [0.1, 0.15) is 27.2 Å². The normalized spacial score (nSPS) is 15.5. The molecule has 1 fully saturated rings. The lowest BCUT2D eigenvalue weighted by atomic mass is 10.1. The number of piperazine rings is 1. The molecular weight excluding hydrogens is 584 g/mol. The number of benzene rings is 1. The number of alkyl halides is 6. The summed E-state index contributed by atoms with van der Waals surface area (Å²) in [4.78, 5) is 28.2. The Balaban J connectivity index is 1.35. The summed E-state index contributed by atoms with van der Waals surface area (Å²) in [6.45, 7) is 0.402. The van der Waals surface area contributed by atoms with E-state index in [1.807, 2.05) is 0 Å². The van der Waals surface area contributed by atoms with Crippen molar-refractivity contribution in [1.29, 1.82) is 0 Å². The molecule has 0 radical (unpaired) electrons. The third-order valence-electron chi connectivity index (χ3n) is 6.55. The number of carbonyl (C=O) groups is 1. The lowest BCUT2D eigenvalue weighted by molar-refractivity contribution is -0.143. The minimum atomic E-state index is -5.21. The summed E-state index contributed by atoms with van der Waals surface area (Å²) in [7, 11) is -4.76. The highest BCUT2D eigenvalue weighted by molar-refractivity contribution is 7.89. The molecule has 4 aromatic rings. The highest BCUT2D eigenvalue weighted by Crippen LogP contribution is 2.38. The van der Waals surface area contributed by atoms with E-state index in [0.717, 1.165) is 4.31 Å². The van der Waals surface area contributed by atoms with Gasteiger partial charge in [-0.2, -0.15) is 35.7 Å². The number of nitrogens with one attached hydrogen (secondary N) is 1. The number of amides is 1. The van der Waals surface area contributed by atoms with Crippen LogP contribution in [0.25, 0.3) is 11.5 Å². The zero-order chi connectivity index (χ0) is 29.9. The second-order valence-electron chi connectivity index (χ2n) is 9.11. The molecule has 1 aromatic carbocycles. The summed E-state index contributed by atoms with van der Waals surface area (Å²) in [5, 5.41) is 8.36. The van der Waals surface area contributed by atoms with Crippen molar-refractivity contribution in [3.63, 3.8) is 0 Å². The van der Waals surface area contributed by atoms with Crippen LogP contribution in [0.4, 0.5) is 26.3 Å². The molecule has 0 bridgehead atoms. The number of hydrogen-bond donors (Lipinski definition) is 1. The fourth-order valence-corrected chi connectivity index (χ4v) is 5.88. The SMILES string of the molecule is Cc1c(C(=O)N2CCN(S(=O)(=O)c3cc(C(F)(F)F)cc(C(F)(F)F)c3)CC2)cnn1-c1nn2cccc2c(=O)[nH]1. The number of carbonyl (C=O) groups excluding carboxylic acids is 1. The van der Waals surface area contributed by atoms with Gasteiger partial charge in [-0.1, -0.05) is 0 Å². The fourth-order valence-electron chi connectivity index (χ4n) is 4.39.